The van der Waals surface area contributed by atoms with E-state index in [1.165, 1.54) is 5.56 Å². The van der Waals surface area contributed by atoms with Crippen molar-refractivity contribution in [2.45, 2.75) is 31.6 Å². The van der Waals surface area contributed by atoms with E-state index in [1.807, 2.05) is 23.1 Å². The fraction of sp³-hybridized carbons (Fsp3) is 0.391. The van der Waals surface area contributed by atoms with Crippen molar-refractivity contribution in [3.8, 4) is 0 Å². The second-order valence-corrected chi connectivity index (χ2v) is 9.53. The molecule has 1 heterocycles. The summed E-state index contributed by atoms with van der Waals surface area (Å²) in [6, 6.07) is 14.2. The summed E-state index contributed by atoms with van der Waals surface area (Å²) in [5, 5.41) is 0.790. The molecule has 3 aromatic rings. The van der Waals surface area contributed by atoms with Gasteiger partial charge in [0.1, 0.15) is 0 Å². The summed E-state index contributed by atoms with van der Waals surface area (Å²) < 4.78 is 1.14. The molecule has 0 saturated carbocycles. The summed E-state index contributed by atoms with van der Waals surface area (Å²) >= 11 is 3.36. The van der Waals surface area contributed by atoms with Crippen LogP contribution in [0.3, 0.4) is 0 Å². The number of hydrogen-bond donors (Lipinski definition) is 0. The molecule has 0 aliphatic carbocycles. The number of nitrogens with zero attached hydrogens (tertiary/aromatic N) is 3. The van der Waals surface area contributed by atoms with Crippen LogP contribution in [0.2, 0.25) is 0 Å². The Morgan fingerprint density at radius 1 is 1.10 bits per heavy atom. The van der Waals surface area contributed by atoms with Gasteiger partial charge in [0.05, 0.1) is 10.2 Å². The molecule has 0 saturated heterocycles. The van der Waals surface area contributed by atoms with E-state index in [1.54, 1.807) is 23.1 Å². The first-order chi connectivity index (χ1) is 14.0. The Kier molecular flexibility index (Phi) is 9.62. The van der Waals surface area contributed by atoms with Gasteiger partial charge in [-0.3, -0.25) is 9.69 Å². The van der Waals surface area contributed by atoms with Crippen molar-refractivity contribution in [3.63, 3.8) is 0 Å². The van der Waals surface area contributed by atoms with Gasteiger partial charge in [-0.15, -0.1) is 24.2 Å². The smallest absolute Gasteiger partial charge is 0.260 e. The lowest BCUT2D eigenvalue weighted by Gasteiger charge is -2.21. The van der Waals surface area contributed by atoms with Crippen molar-refractivity contribution in [2.24, 2.45) is 0 Å². The van der Waals surface area contributed by atoms with E-state index in [0.29, 0.717) is 6.54 Å². The van der Waals surface area contributed by atoms with E-state index in [4.69, 9.17) is 4.98 Å². The molecule has 1 aromatic heterocycles. The fourth-order valence-electron chi connectivity index (χ4n) is 3.27. The van der Waals surface area contributed by atoms with Crippen molar-refractivity contribution in [2.75, 3.05) is 37.8 Å². The lowest BCUT2D eigenvalue weighted by atomic mass is 10.1. The predicted molar refractivity (Wildman–Crippen MR) is 134 cm³/mol. The normalized spacial score (nSPS) is 11.0. The third-order valence-electron chi connectivity index (χ3n) is 4.73. The lowest BCUT2D eigenvalue weighted by molar-refractivity contribution is 0.0986. The molecular formula is C23H30ClN3OS2. The van der Waals surface area contributed by atoms with E-state index in [0.717, 1.165) is 50.9 Å². The minimum Gasteiger partial charge on any atom is -0.309 e. The zero-order chi connectivity index (χ0) is 20.8. The molecule has 0 radical (unpaired) electrons. The van der Waals surface area contributed by atoms with Crippen molar-refractivity contribution < 1.29 is 4.79 Å². The Morgan fingerprint density at radius 2 is 1.87 bits per heavy atom. The van der Waals surface area contributed by atoms with E-state index in [-0.39, 0.29) is 18.3 Å². The van der Waals surface area contributed by atoms with Gasteiger partial charge in [0.25, 0.3) is 5.91 Å². The molecule has 0 atom stereocenters. The summed E-state index contributed by atoms with van der Waals surface area (Å²) in [4.78, 5) is 23.5. The Labute approximate surface area is 194 Å². The van der Waals surface area contributed by atoms with Crippen LogP contribution in [0.1, 0.15) is 36.2 Å². The van der Waals surface area contributed by atoms with Crippen molar-refractivity contribution in [3.05, 3.63) is 53.6 Å². The van der Waals surface area contributed by atoms with Gasteiger partial charge in [-0.1, -0.05) is 43.4 Å². The van der Waals surface area contributed by atoms with Crippen molar-refractivity contribution in [1.82, 2.24) is 9.88 Å². The van der Waals surface area contributed by atoms with Crippen LogP contribution < -0.4 is 4.90 Å². The number of amides is 1. The van der Waals surface area contributed by atoms with Crippen molar-refractivity contribution in [1.29, 1.82) is 0 Å². The molecule has 7 heteroatoms. The zero-order valence-electron chi connectivity index (χ0n) is 18.1. The van der Waals surface area contributed by atoms with E-state index in [2.05, 4.69) is 57.1 Å². The molecule has 0 unspecified atom stereocenters. The Morgan fingerprint density at radius 3 is 2.57 bits per heavy atom. The lowest BCUT2D eigenvalue weighted by Crippen LogP contribution is -2.33. The molecule has 0 fully saturated rings. The highest BCUT2D eigenvalue weighted by atomic mass is 35.5. The molecular weight excluding hydrogens is 434 g/mol. The molecule has 30 heavy (non-hydrogen) atoms. The minimum absolute atomic E-state index is 0. The standard InChI is InChI=1S/C23H29N3OS2.ClH/c1-5-17-10-8-13-20-21(17)24-23(29-20)26(15-9-14-25(3)4)22(27)18-11-7-12-19(16-18)28-6-2;/h7-8,10-13,16H,5-6,9,14-15H2,1-4H3;1H. The summed E-state index contributed by atoms with van der Waals surface area (Å²) in [6.45, 7) is 5.86. The maximum atomic E-state index is 13.5. The molecule has 0 N–H and O–H groups in total. The number of rotatable bonds is 9. The highest BCUT2D eigenvalue weighted by Gasteiger charge is 2.22. The number of hydrogen-bond acceptors (Lipinski definition) is 5. The average Bonchev–Trinajstić information content (AvgIpc) is 3.15. The SMILES string of the molecule is CCSc1cccc(C(=O)N(CCCN(C)C)c2nc3c(CC)cccc3s2)c1.Cl. The van der Waals surface area contributed by atoms with Crippen LogP contribution in [-0.2, 0) is 6.42 Å². The molecule has 3 rings (SSSR count). The van der Waals surface area contributed by atoms with Crippen LogP contribution in [0.25, 0.3) is 10.2 Å². The third-order valence-corrected chi connectivity index (χ3v) is 6.65. The first-order valence-corrected chi connectivity index (χ1v) is 11.9. The van der Waals surface area contributed by atoms with Gasteiger partial charge < -0.3 is 4.90 Å². The van der Waals surface area contributed by atoms with Crippen LogP contribution in [0.15, 0.2) is 47.4 Å². The van der Waals surface area contributed by atoms with Gasteiger partial charge in [-0.05, 0) is 69.1 Å². The molecule has 0 spiro atoms. The summed E-state index contributed by atoms with van der Waals surface area (Å²) in [7, 11) is 4.12. The molecule has 1 amide bonds. The number of aryl methyl sites for hydroxylation is 1. The van der Waals surface area contributed by atoms with Crippen LogP contribution in [0.4, 0.5) is 5.13 Å². The number of aromatic nitrogens is 1. The summed E-state index contributed by atoms with van der Waals surface area (Å²) in [5.74, 6) is 1.02. The van der Waals surface area contributed by atoms with Crippen LogP contribution in [0, 0.1) is 0 Å². The van der Waals surface area contributed by atoms with Gasteiger partial charge in [0.2, 0.25) is 0 Å². The first-order valence-electron chi connectivity index (χ1n) is 10.1. The summed E-state index contributed by atoms with van der Waals surface area (Å²) in [5.41, 5.74) is 2.98. The van der Waals surface area contributed by atoms with E-state index < -0.39 is 0 Å². The van der Waals surface area contributed by atoms with Crippen LogP contribution in [0.5, 0.6) is 0 Å². The number of benzene rings is 2. The molecule has 4 nitrogen and oxygen atoms in total. The molecule has 0 aliphatic heterocycles. The van der Waals surface area contributed by atoms with Gasteiger partial charge in [0.15, 0.2) is 5.13 Å². The largest absolute Gasteiger partial charge is 0.309 e. The topological polar surface area (TPSA) is 36.4 Å². The first kappa shape index (κ1) is 24.7. The number of carbonyl (C=O) groups excluding carboxylic acids is 1. The summed E-state index contributed by atoms with van der Waals surface area (Å²) in [6.07, 6.45) is 1.84. The second-order valence-electron chi connectivity index (χ2n) is 7.19. The van der Waals surface area contributed by atoms with Gasteiger partial charge in [-0.25, -0.2) is 4.98 Å². The van der Waals surface area contributed by atoms with Crippen LogP contribution in [-0.4, -0.2) is 48.7 Å². The highest BCUT2D eigenvalue weighted by Crippen LogP contribution is 2.32. The molecule has 0 aliphatic rings. The number of carbonyl (C=O) groups is 1. The molecule has 162 valence electrons. The average molecular weight is 464 g/mol. The fourth-order valence-corrected chi connectivity index (χ4v) is 5.02. The van der Waals surface area contributed by atoms with E-state index in [9.17, 15) is 4.79 Å². The second kappa shape index (κ2) is 11.7. The predicted octanol–water partition coefficient (Wildman–Crippen LogP) is 5.99. The Balaban J connectivity index is 0.00000320. The molecule has 2 aromatic carbocycles. The number of anilines is 1. The van der Waals surface area contributed by atoms with Gasteiger partial charge >= 0.3 is 0 Å². The number of para-hydroxylation sites is 1. The number of halogens is 1. The monoisotopic (exact) mass is 463 g/mol. The zero-order valence-corrected chi connectivity index (χ0v) is 20.5. The number of thiazole rings is 1. The minimum atomic E-state index is 0. The Hall–Kier alpha value is -1.60. The van der Waals surface area contributed by atoms with Gasteiger partial charge in [0, 0.05) is 17.0 Å². The van der Waals surface area contributed by atoms with E-state index >= 15 is 0 Å². The van der Waals surface area contributed by atoms with Crippen LogP contribution >= 0.6 is 35.5 Å². The Bertz CT molecular complexity index is 974. The maximum absolute atomic E-state index is 13.5. The maximum Gasteiger partial charge on any atom is 0.260 e. The third kappa shape index (κ3) is 5.97. The molecule has 0 bridgehead atoms. The van der Waals surface area contributed by atoms with Gasteiger partial charge in [-0.2, -0.15) is 0 Å². The highest BCUT2D eigenvalue weighted by molar-refractivity contribution is 7.99. The van der Waals surface area contributed by atoms with Crippen molar-refractivity contribution >= 4 is 56.8 Å². The number of fused-ring (bicyclic) bond motifs is 1. The number of thioether (sulfide) groups is 1. The quantitative estimate of drug-likeness (QED) is 0.365.